The van der Waals surface area contributed by atoms with E-state index in [4.69, 9.17) is 17.4 Å². The van der Waals surface area contributed by atoms with Gasteiger partial charge in [-0.25, -0.2) is 10.8 Å². The third kappa shape index (κ3) is 3.71. The summed E-state index contributed by atoms with van der Waals surface area (Å²) in [5.74, 6) is 5.70. The molecule has 0 saturated carbocycles. The molecule has 1 amide bonds. The summed E-state index contributed by atoms with van der Waals surface area (Å²) >= 11 is 5.96. The van der Waals surface area contributed by atoms with Gasteiger partial charge in [0.15, 0.2) is 5.82 Å². The number of nitrogens with zero attached hydrogens (tertiary/aromatic N) is 1. The number of carbonyl (C=O) groups excluding carboxylic acids is 1. The smallest absolute Gasteiger partial charge is 0.257 e. The van der Waals surface area contributed by atoms with Crippen LogP contribution in [0.25, 0.3) is 0 Å². The van der Waals surface area contributed by atoms with Crippen molar-refractivity contribution in [2.45, 2.75) is 19.8 Å². The van der Waals surface area contributed by atoms with Crippen LogP contribution >= 0.6 is 11.6 Å². The second-order valence-electron chi connectivity index (χ2n) is 4.93. The fraction of sp³-hybridized carbons (Fsp3) is 0.200. The predicted molar refractivity (Wildman–Crippen MR) is 85.5 cm³/mol. The number of hydrogen-bond acceptors (Lipinski definition) is 4. The Morgan fingerprint density at radius 1 is 1.33 bits per heavy atom. The fourth-order valence-corrected chi connectivity index (χ4v) is 2.07. The molecule has 6 heteroatoms. The van der Waals surface area contributed by atoms with E-state index < -0.39 is 0 Å². The fourth-order valence-electron chi connectivity index (χ4n) is 1.85. The summed E-state index contributed by atoms with van der Waals surface area (Å²) in [6.07, 6.45) is 1.42. The van der Waals surface area contributed by atoms with E-state index in [2.05, 4.69) is 29.6 Å². The van der Waals surface area contributed by atoms with E-state index in [0.29, 0.717) is 22.3 Å². The molecule has 0 fully saturated rings. The minimum absolute atomic E-state index is 0.270. The minimum Gasteiger partial charge on any atom is -0.322 e. The van der Waals surface area contributed by atoms with Crippen LogP contribution in [-0.2, 0) is 0 Å². The maximum absolute atomic E-state index is 12.2. The third-order valence-electron chi connectivity index (χ3n) is 3.05. The highest BCUT2D eigenvalue weighted by molar-refractivity contribution is 6.33. The van der Waals surface area contributed by atoms with Crippen molar-refractivity contribution in [3.63, 3.8) is 0 Å². The number of hydrazine groups is 1. The van der Waals surface area contributed by atoms with Crippen LogP contribution in [0.3, 0.4) is 0 Å². The third-order valence-corrected chi connectivity index (χ3v) is 3.34. The van der Waals surface area contributed by atoms with Gasteiger partial charge in [-0.15, -0.1) is 0 Å². The molecule has 2 rings (SSSR count). The largest absolute Gasteiger partial charge is 0.322 e. The normalized spacial score (nSPS) is 10.5. The monoisotopic (exact) mass is 304 g/mol. The summed E-state index contributed by atoms with van der Waals surface area (Å²) in [4.78, 5) is 16.2. The summed E-state index contributed by atoms with van der Waals surface area (Å²) in [5, 5.41) is 3.12. The molecule has 2 aromatic rings. The van der Waals surface area contributed by atoms with Crippen LogP contribution < -0.4 is 16.6 Å². The lowest BCUT2D eigenvalue weighted by Gasteiger charge is -2.10. The van der Waals surface area contributed by atoms with Crippen molar-refractivity contribution < 1.29 is 4.79 Å². The van der Waals surface area contributed by atoms with Gasteiger partial charge < -0.3 is 10.7 Å². The van der Waals surface area contributed by atoms with E-state index in [0.717, 1.165) is 11.3 Å². The van der Waals surface area contributed by atoms with E-state index in [-0.39, 0.29) is 5.91 Å². The Morgan fingerprint density at radius 3 is 2.71 bits per heavy atom. The lowest BCUT2D eigenvalue weighted by molar-refractivity contribution is 0.102. The Kier molecular flexibility index (Phi) is 4.77. The molecule has 0 spiro atoms. The maximum Gasteiger partial charge on any atom is 0.257 e. The zero-order valence-electron chi connectivity index (χ0n) is 11.9. The summed E-state index contributed by atoms with van der Waals surface area (Å²) < 4.78 is 0. The number of benzene rings is 1. The molecule has 1 aromatic heterocycles. The van der Waals surface area contributed by atoms with Crippen LogP contribution in [0, 0.1) is 0 Å². The molecule has 1 aromatic carbocycles. The van der Waals surface area contributed by atoms with Crippen LogP contribution in [0.1, 0.15) is 35.7 Å². The Hall–Kier alpha value is -2.11. The van der Waals surface area contributed by atoms with Gasteiger partial charge >= 0.3 is 0 Å². The van der Waals surface area contributed by atoms with E-state index in [9.17, 15) is 4.79 Å². The number of carbonyl (C=O) groups is 1. The molecule has 0 aliphatic rings. The molecule has 0 aliphatic carbocycles. The van der Waals surface area contributed by atoms with E-state index in [1.807, 2.05) is 24.3 Å². The van der Waals surface area contributed by atoms with Gasteiger partial charge in [0.05, 0.1) is 10.6 Å². The molecule has 0 unspecified atom stereocenters. The number of anilines is 2. The molecule has 0 saturated heterocycles. The molecule has 0 bridgehead atoms. The van der Waals surface area contributed by atoms with E-state index in [1.54, 1.807) is 0 Å². The first-order valence-electron chi connectivity index (χ1n) is 6.54. The zero-order chi connectivity index (χ0) is 15.4. The number of nitrogen functional groups attached to an aromatic ring is 1. The number of amides is 1. The minimum atomic E-state index is -0.270. The molecule has 21 heavy (non-hydrogen) atoms. The summed E-state index contributed by atoms with van der Waals surface area (Å²) in [7, 11) is 0. The number of pyridine rings is 1. The highest BCUT2D eigenvalue weighted by atomic mass is 35.5. The second kappa shape index (κ2) is 6.56. The number of rotatable bonds is 4. The van der Waals surface area contributed by atoms with Crippen molar-refractivity contribution in [3.8, 4) is 0 Å². The first kappa shape index (κ1) is 15.3. The van der Waals surface area contributed by atoms with E-state index in [1.165, 1.54) is 12.3 Å². The number of hydrogen-bond donors (Lipinski definition) is 3. The Bertz CT molecular complexity index is 658. The van der Waals surface area contributed by atoms with Gasteiger partial charge in [0, 0.05) is 11.9 Å². The summed E-state index contributed by atoms with van der Waals surface area (Å²) in [6.45, 7) is 4.20. The molecule has 1 heterocycles. The van der Waals surface area contributed by atoms with Gasteiger partial charge in [-0.05, 0) is 29.7 Å². The van der Waals surface area contributed by atoms with Crippen molar-refractivity contribution in [1.29, 1.82) is 0 Å². The topological polar surface area (TPSA) is 80.0 Å². The van der Waals surface area contributed by atoms with Crippen LogP contribution in [0.4, 0.5) is 11.5 Å². The quantitative estimate of drug-likeness (QED) is 0.597. The molecule has 4 N–H and O–H groups in total. The number of aromatic nitrogens is 1. The van der Waals surface area contributed by atoms with Crippen LogP contribution in [0.2, 0.25) is 5.02 Å². The summed E-state index contributed by atoms with van der Waals surface area (Å²) in [5.41, 5.74) is 4.62. The average molecular weight is 305 g/mol. The molecule has 0 atom stereocenters. The molecule has 110 valence electrons. The lowest BCUT2D eigenvalue weighted by atomic mass is 10.0. The zero-order valence-corrected chi connectivity index (χ0v) is 12.6. The van der Waals surface area contributed by atoms with Crippen LogP contribution in [0.15, 0.2) is 36.5 Å². The van der Waals surface area contributed by atoms with Gasteiger partial charge in [-0.1, -0.05) is 37.6 Å². The maximum atomic E-state index is 12.2. The number of halogens is 1. The standard InChI is InChI=1S/C15H17ClN4O/c1-9(2)10-4-3-5-12(6-10)19-15(21)11-7-13(16)14(20-17)18-8-11/h3-9H,17H2,1-2H3,(H,18,20)(H,19,21). The Morgan fingerprint density at radius 2 is 2.10 bits per heavy atom. The number of nitrogens with two attached hydrogens (primary N) is 1. The molecular formula is C15H17ClN4O. The van der Waals surface area contributed by atoms with Crippen LogP contribution in [-0.4, -0.2) is 10.9 Å². The summed E-state index contributed by atoms with van der Waals surface area (Å²) in [6, 6.07) is 9.26. The molecule has 5 nitrogen and oxygen atoms in total. The van der Waals surface area contributed by atoms with Crippen molar-refractivity contribution in [2.24, 2.45) is 5.84 Å². The van der Waals surface area contributed by atoms with Gasteiger partial charge in [0.2, 0.25) is 0 Å². The molecule has 0 radical (unpaired) electrons. The lowest BCUT2D eigenvalue weighted by Crippen LogP contribution is -2.14. The Labute approximate surface area is 128 Å². The van der Waals surface area contributed by atoms with Gasteiger partial charge in [0.25, 0.3) is 5.91 Å². The average Bonchev–Trinajstić information content (AvgIpc) is 2.47. The van der Waals surface area contributed by atoms with Crippen molar-refractivity contribution >= 4 is 29.0 Å². The Balaban J connectivity index is 2.18. The number of nitrogens with one attached hydrogen (secondary N) is 2. The first-order valence-corrected chi connectivity index (χ1v) is 6.92. The van der Waals surface area contributed by atoms with Crippen molar-refractivity contribution in [1.82, 2.24) is 4.98 Å². The first-order chi connectivity index (χ1) is 10.0. The second-order valence-corrected chi connectivity index (χ2v) is 5.34. The van der Waals surface area contributed by atoms with Gasteiger partial charge in [-0.2, -0.15) is 0 Å². The highest BCUT2D eigenvalue weighted by Crippen LogP contribution is 2.21. The SMILES string of the molecule is CC(C)c1cccc(NC(=O)c2cnc(NN)c(Cl)c2)c1. The van der Waals surface area contributed by atoms with Gasteiger partial charge in [0.1, 0.15) is 0 Å². The molecular weight excluding hydrogens is 288 g/mol. The van der Waals surface area contributed by atoms with Crippen molar-refractivity contribution in [2.75, 3.05) is 10.7 Å². The van der Waals surface area contributed by atoms with Crippen molar-refractivity contribution in [3.05, 3.63) is 52.7 Å². The molecule has 0 aliphatic heterocycles. The van der Waals surface area contributed by atoms with E-state index >= 15 is 0 Å². The van der Waals surface area contributed by atoms with Gasteiger partial charge in [-0.3, -0.25) is 4.79 Å². The highest BCUT2D eigenvalue weighted by Gasteiger charge is 2.10. The van der Waals surface area contributed by atoms with Crippen LogP contribution in [0.5, 0.6) is 0 Å². The predicted octanol–water partition coefficient (Wildman–Crippen LogP) is 3.40.